The van der Waals surface area contributed by atoms with Crippen LogP contribution in [0.25, 0.3) is 11.0 Å². The van der Waals surface area contributed by atoms with E-state index in [1.165, 1.54) is 0 Å². The zero-order valence-corrected chi connectivity index (χ0v) is 16.3. The Bertz CT molecular complexity index is 848. The number of aromatic amines is 1. The maximum absolute atomic E-state index is 12.6. The summed E-state index contributed by atoms with van der Waals surface area (Å²) in [6.45, 7) is 0.687. The standard InChI is InChI=1S/C21H26N4OS/c26-20(16-21(9-14-27-15-10-21)25-12-3-4-13-25)22-11-5-8-19-23-17-6-1-2-7-18(17)24-19/h1-4,6-7,12-13H,5,8-11,14-16H2,(H,22,26)(H,23,24). The Kier molecular flexibility index (Phi) is 5.53. The third-order valence-corrected chi connectivity index (χ3v) is 6.40. The first-order valence-electron chi connectivity index (χ1n) is 9.67. The van der Waals surface area contributed by atoms with Gasteiger partial charge in [-0.05, 0) is 55.0 Å². The number of fused-ring (bicyclic) bond motifs is 1. The number of nitrogens with zero attached hydrogens (tertiary/aromatic N) is 2. The Morgan fingerprint density at radius 2 is 1.96 bits per heavy atom. The van der Waals surface area contributed by atoms with Gasteiger partial charge in [0.15, 0.2) is 0 Å². The van der Waals surface area contributed by atoms with E-state index in [4.69, 9.17) is 0 Å². The van der Waals surface area contributed by atoms with E-state index in [1.807, 2.05) is 36.0 Å². The number of thioether (sulfide) groups is 1. The lowest BCUT2D eigenvalue weighted by molar-refractivity contribution is -0.123. The molecule has 1 amide bonds. The normalized spacial score (nSPS) is 16.4. The zero-order chi connectivity index (χ0) is 18.5. The van der Waals surface area contributed by atoms with Crippen molar-refractivity contribution < 1.29 is 4.79 Å². The molecule has 2 aromatic heterocycles. The number of rotatable bonds is 7. The van der Waals surface area contributed by atoms with Crippen molar-refractivity contribution in [3.05, 3.63) is 54.6 Å². The van der Waals surface area contributed by atoms with Gasteiger partial charge in [0.2, 0.25) is 5.91 Å². The van der Waals surface area contributed by atoms with Crippen LogP contribution >= 0.6 is 11.8 Å². The highest BCUT2D eigenvalue weighted by Gasteiger charge is 2.35. The van der Waals surface area contributed by atoms with Gasteiger partial charge < -0.3 is 14.9 Å². The van der Waals surface area contributed by atoms with Gasteiger partial charge in [0.05, 0.1) is 23.0 Å². The fraction of sp³-hybridized carbons (Fsp3) is 0.429. The molecule has 4 rings (SSSR count). The number of aromatic nitrogens is 3. The van der Waals surface area contributed by atoms with Crippen LogP contribution in [0, 0.1) is 0 Å². The van der Waals surface area contributed by atoms with E-state index in [0.29, 0.717) is 13.0 Å². The molecule has 0 aliphatic carbocycles. The lowest BCUT2D eigenvalue weighted by Crippen LogP contribution is -2.42. The number of hydrogen-bond acceptors (Lipinski definition) is 3. The Morgan fingerprint density at radius 3 is 2.74 bits per heavy atom. The van der Waals surface area contributed by atoms with Crippen LogP contribution < -0.4 is 5.32 Å². The summed E-state index contributed by atoms with van der Waals surface area (Å²) >= 11 is 1.99. The van der Waals surface area contributed by atoms with E-state index in [1.54, 1.807) is 0 Å². The summed E-state index contributed by atoms with van der Waals surface area (Å²) in [6.07, 6.45) is 8.60. The second-order valence-electron chi connectivity index (χ2n) is 7.26. The fourth-order valence-corrected chi connectivity index (χ4v) is 5.15. The molecule has 0 saturated carbocycles. The van der Waals surface area contributed by atoms with E-state index < -0.39 is 0 Å². The minimum atomic E-state index is -0.0580. The molecule has 0 bridgehead atoms. The van der Waals surface area contributed by atoms with Crippen molar-refractivity contribution in [2.75, 3.05) is 18.1 Å². The topological polar surface area (TPSA) is 62.7 Å². The predicted octanol–water partition coefficient (Wildman–Crippen LogP) is 3.73. The van der Waals surface area contributed by atoms with Crippen LogP contribution in [0.1, 0.15) is 31.5 Å². The van der Waals surface area contributed by atoms with E-state index in [2.05, 4.69) is 44.4 Å². The molecule has 2 N–H and O–H groups in total. The first kappa shape index (κ1) is 18.2. The van der Waals surface area contributed by atoms with Crippen molar-refractivity contribution in [2.45, 2.75) is 37.6 Å². The predicted molar refractivity (Wildman–Crippen MR) is 111 cm³/mol. The van der Waals surface area contributed by atoms with Crippen LogP contribution in [-0.4, -0.2) is 38.5 Å². The van der Waals surface area contributed by atoms with Crippen molar-refractivity contribution in [3.63, 3.8) is 0 Å². The van der Waals surface area contributed by atoms with E-state index in [0.717, 1.165) is 54.0 Å². The van der Waals surface area contributed by atoms with Gasteiger partial charge in [-0.1, -0.05) is 12.1 Å². The zero-order valence-electron chi connectivity index (χ0n) is 15.5. The molecule has 1 fully saturated rings. The molecule has 0 radical (unpaired) electrons. The van der Waals surface area contributed by atoms with Gasteiger partial charge in [-0.15, -0.1) is 0 Å². The Hall–Kier alpha value is -2.21. The molecule has 1 aliphatic heterocycles. The second kappa shape index (κ2) is 8.21. The summed E-state index contributed by atoms with van der Waals surface area (Å²) < 4.78 is 2.25. The first-order valence-corrected chi connectivity index (χ1v) is 10.8. The quantitative estimate of drug-likeness (QED) is 0.612. The molecular weight excluding hydrogens is 356 g/mol. The molecule has 0 unspecified atom stereocenters. The molecule has 1 saturated heterocycles. The smallest absolute Gasteiger partial charge is 0.222 e. The first-order chi connectivity index (χ1) is 13.3. The van der Waals surface area contributed by atoms with Gasteiger partial charge in [0.1, 0.15) is 5.82 Å². The number of amides is 1. The lowest BCUT2D eigenvalue weighted by atomic mass is 9.87. The second-order valence-corrected chi connectivity index (χ2v) is 8.48. The highest BCUT2D eigenvalue weighted by atomic mass is 32.2. The number of hydrogen-bond donors (Lipinski definition) is 2. The van der Waals surface area contributed by atoms with Crippen molar-refractivity contribution in [1.82, 2.24) is 19.9 Å². The van der Waals surface area contributed by atoms with Crippen molar-refractivity contribution in [3.8, 4) is 0 Å². The lowest BCUT2D eigenvalue weighted by Gasteiger charge is -2.38. The van der Waals surface area contributed by atoms with Crippen LogP contribution in [0.5, 0.6) is 0 Å². The molecule has 0 spiro atoms. The largest absolute Gasteiger partial charge is 0.356 e. The van der Waals surface area contributed by atoms with Gasteiger partial charge in [-0.2, -0.15) is 11.8 Å². The molecule has 3 heterocycles. The average Bonchev–Trinajstić information content (AvgIpc) is 3.35. The van der Waals surface area contributed by atoms with Crippen molar-refractivity contribution >= 4 is 28.7 Å². The Balaban J connectivity index is 1.28. The van der Waals surface area contributed by atoms with Crippen LogP contribution in [-0.2, 0) is 16.8 Å². The SMILES string of the molecule is O=C(CC1(n2cccc2)CCSCC1)NCCCc1nc2ccccc2[nH]1. The van der Waals surface area contributed by atoms with Crippen LogP contribution in [0.15, 0.2) is 48.8 Å². The van der Waals surface area contributed by atoms with Gasteiger partial charge in [0.25, 0.3) is 0 Å². The number of aryl methyl sites for hydroxylation is 1. The molecule has 5 nitrogen and oxygen atoms in total. The minimum absolute atomic E-state index is 0.0580. The third kappa shape index (κ3) is 4.21. The number of nitrogens with one attached hydrogen (secondary N) is 2. The molecule has 27 heavy (non-hydrogen) atoms. The maximum Gasteiger partial charge on any atom is 0.222 e. The minimum Gasteiger partial charge on any atom is -0.356 e. The van der Waals surface area contributed by atoms with E-state index >= 15 is 0 Å². The van der Waals surface area contributed by atoms with Gasteiger partial charge in [-0.25, -0.2) is 4.98 Å². The number of H-pyrrole nitrogens is 1. The summed E-state index contributed by atoms with van der Waals surface area (Å²) in [5.74, 6) is 3.38. The summed E-state index contributed by atoms with van der Waals surface area (Å²) in [5, 5.41) is 3.12. The highest BCUT2D eigenvalue weighted by Crippen LogP contribution is 2.36. The van der Waals surface area contributed by atoms with Gasteiger partial charge >= 0.3 is 0 Å². The number of para-hydroxylation sites is 2. The monoisotopic (exact) mass is 382 g/mol. The van der Waals surface area contributed by atoms with Crippen LogP contribution in [0.4, 0.5) is 0 Å². The molecule has 1 aliphatic rings. The number of carbonyl (C=O) groups excluding carboxylic acids is 1. The molecule has 1 aromatic carbocycles. The number of carbonyl (C=O) groups is 1. The van der Waals surface area contributed by atoms with Gasteiger partial charge in [0, 0.05) is 25.4 Å². The molecule has 0 atom stereocenters. The Labute approximate surface area is 163 Å². The van der Waals surface area contributed by atoms with E-state index in [9.17, 15) is 4.79 Å². The van der Waals surface area contributed by atoms with Crippen LogP contribution in [0.3, 0.4) is 0 Å². The van der Waals surface area contributed by atoms with Crippen molar-refractivity contribution in [1.29, 1.82) is 0 Å². The molecule has 3 aromatic rings. The summed E-state index contributed by atoms with van der Waals surface area (Å²) in [5.41, 5.74) is 2.01. The maximum atomic E-state index is 12.6. The summed E-state index contributed by atoms with van der Waals surface area (Å²) in [6, 6.07) is 12.2. The molecule has 142 valence electrons. The van der Waals surface area contributed by atoms with Crippen LogP contribution in [0.2, 0.25) is 0 Å². The third-order valence-electron chi connectivity index (χ3n) is 5.42. The van der Waals surface area contributed by atoms with E-state index in [-0.39, 0.29) is 11.4 Å². The molecular formula is C21H26N4OS. The fourth-order valence-electron chi connectivity index (χ4n) is 3.90. The van der Waals surface area contributed by atoms with Crippen molar-refractivity contribution in [2.24, 2.45) is 0 Å². The highest BCUT2D eigenvalue weighted by molar-refractivity contribution is 7.99. The number of imidazole rings is 1. The summed E-state index contributed by atoms with van der Waals surface area (Å²) in [7, 11) is 0. The Morgan fingerprint density at radius 1 is 1.19 bits per heavy atom. The average molecular weight is 383 g/mol. The molecule has 6 heteroatoms. The number of benzene rings is 1. The summed E-state index contributed by atoms with van der Waals surface area (Å²) in [4.78, 5) is 20.5. The van der Waals surface area contributed by atoms with Gasteiger partial charge in [-0.3, -0.25) is 4.79 Å².